The Hall–Kier alpha value is -3.26. The monoisotopic (exact) mass is 470 g/mol. The first-order valence-electron chi connectivity index (χ1n) is 10.7. The maximum absolute atomic E-state index is 13.0. The van der Waals surface area contributed by atoms with E-state index in [0.717, 1.165) is 12.0 Å². The minimum Gasteiger partial charge on any atom is -0.435 e. The van der Waals surface area contributed by atoms with E-state index in [-0.39, 0.29) is 23.5 Å². The largest absolute Gasteiger partial charge is 0.435 e. The van der Waals surface area contributed by atoms with Crippen molar-refractivity contribution in [1.29, 1.82) is 0 Å². The molecule has 4 rings (SSSR count). The second-order valence-corrected chi connectivity index (χ2v) is 8.87. The highest BCUT2D eigenvalue weighted by molar-refractivity contribution is 7.12. The fourth-order valence-corrected chi connectivity index (χ4v) is 4.69. The minimum absolute atomic E-state index is 0.0545. The minimum atomic E-state index is -2.94. The molecule has 2 heterocycles. The van der Waals surface area contributed by atoms with Crippen molar-refractivity contribution in [2.75, 3.05) is 18.4 Å². The topological polar surface area (TPSA) is 58.6 Å². The van der Waals surface area contributed by atoms with Crippen molar-refractivity contribution in [3.8, 4) is 5.75 Å². The van der Waals surface area contributed by atoms with E-state index in [9.17, 15) is 18.4 Å². The van der Waals surface area contributed by atoms with Gasteiger partial charge >= 0.3 is 6.61 Å². The van der Waals surface area contributed by atoms with Crippen LogP contribution in [0.15, 0.2) is 66.0 Å². The number of likely N-dealkylation sites (tertiary alicyclic amines) is 1. The zero-order valence-electron chi connectivity index (χ0n) is 17.9. The maximum Gasteiger partial charge on any atom is 0.387 e. The van der Waals surface area contributed by atoms with E-state index < -0.39 is 6.61 Å². The third-order valence-corrected chi connectivity index (χ3v) is 6.45. The van der Waals surface area contributed by atoms with E-state index in [1.54, 1.807) is 23.1 Å². The van der Waals surface area contributed by atoms with Crippen LogP contribution in [-0.2, 0) is 11.2 Å². The molecular weight excluding hydrogens is 446 g/mol. The molecular formula is C25H24F2N2O3S. The Kier molecular flexibility index (Phi) is 7.34. The number of nitrogens with zero attached hydrogens (tertiary/aromatic N) is 1. The summed E-state index contributed by atoms with van der Waals surface area (Å²) in [5, 5.41) is 4.75. The number of benzene rings is 2. The molecule has 0 spiro atoms. The van der Waals surface area contributed by atoms with E-state index in [1.807, 2.05) is 41.8 Å². The molecule has 1 aliphatic heterocycles. The van der Waals surface area contributed by atoms with Gasteiger partial charge < -0.3 is 15.0 Å². The molecule has 1 fully saturated rings. The molecule has 0 saturated carbocycles. The van der Waals surface area contributed by atoms with Crippen LogP contribution in [0.5, 0.6) is 5.75 Å². The SMILES string of the molecule is O=C(Nc1ccc(OC(F)F)c(Cc2ccccc2)c1)C1CCCN(C(=O)c2cccs2)C1. The third-order valence-electron chi connectivity index (χ3n) is 5.59. The van der Waals surface area contributed by atoms with E-state index in [1.165, 1.54) is 17.4 Å². The fraction of sp³-hybridized carbons (Fsp3) is 0.280. The summed E-state index contributed by atoms with van der Waals surface area (Å²) in [6, 6.07) is 17.7. The number of rotatable bonds is 7. The van der Waals surface area contributed by atoms with E-state index in [4.69, 9.17) is 0 Å². The first-order valence-corrected chi connectivity index (χ1v) is 11.6. The number of thiophene rings is 1. The number of nitrogens with one attached hydrogen (secondary N) is 1. The standard InChI is InChI=1S/C25H24F2N2O3S/c26-25(27)32-21-11-10-20(15-19(21)14-17-6-2-1-3-7-17)28-23(30)18-8-4-12-29(16-18)24(31)22-9-5-13-33-22/h1-3,5-7,9-11,13,15,18,25H,4,8,12,14,16H2,(H,28,30). The van der Waals surface area contributed by atoms with Crippen LogP contribution in [0.4, 0.5) is 14.5 Å². The van der Waals surface area contributed by atoms with Crippen molar-refractivity contribution in [3.63, 3.8) is 0 Å². The van der Waals surface area contributed by atoms with Gasteiger partial charge in [0, 0.05) is 30.8 Å². The van der Waals surface area contributed by atoms with Crippen LogP contribution >= 0.6 is 11.3 Å². The van der Waals surface area contributed by atoms with Gasteiger partial charge in [0.25, 0.3) is 5.91 Å². The second kappa shape index (κ2) is 10.6. The zero-order valence-corrected chi connectivity index (χ0v) is 18.7. The Morgan fingerprint density at radius 1 is 1.12 bits per heavy atom. The predicted octanol–water partition coefficient (Wildman–Crippen LogP) is 5.43. The number of ether oxygens (including phenoxy) is 1. The van der Waals surface area contributed by atoms with Gasteiger partial charge in [0.2, 0.25) is 5.91 Å². The lowest BCUT2D eigenvalue weighted by Gasteiger charge is -2.31. The second-order valence-electron chi connectivity index (χ2n) is 7.92. The van der Waals surface area contributed by atoms with Crippen LogP contribution in [0.3, 0.4) is 0 Å². The lowest BCUT2D eigenvalue weighted by atomic mass is 9.96. The van der Waals surface area contributed by atoms with E-state index in [2.05, 4.69) is 10.1 Å². The summed E-state index contributed by atoms with van der Waals surface area (Å²) >= 11 is 1.39. The number of hydrogen-bond donors (Lipinski definition) is 1. The normalized spacial score (nSPS) is 16.0. The number of anilines is 1. The maximum atomic E-state index is 13.0. The van der Waals surface area contributed by atoms with Crippen molar-refractivity contribution in [2.24, 2.45) is 5.92 Å². The van der Waals surface area contributed by atoms with Crippen molar-refractivity contribution < 1.29 is 23.1 Å². The van der Waals surface area contributed by atoms with Gasteiger partial charge in [-0.2, -0.15) is 8.78 Å². The Labute approximate surface area is 195 Å². The molecule has 8 heteroatoms. The number of carbonyl (C=O) groups is 2. The third kappa shape index (κ3) is 5.96. The molecule has 2 amide bonds. The summed E-state index contributed by atoms with van der Waals surface area (Å²) in [4.78, 5) is 28.0. The summed E-state index contributed by atoms with van der Waals surface area (Å²) < 4.78 is 30.4. The van der Waals surface area contributed by atoms with Gasteiger partial charge in [-0.15, -0.1) is 11.3 Å². The fourth-order valence-electron chi connectivity index (χ4n) is 4.00. The molecule has 1 atom stereocenters. The lowest BCUT2D eigenvalue weighted by Crippen LogP contribution is -2.43. The van der Waals surface area contributed by atoms with Gasteiger partial charge in [0.05, 0.1) is 10.8 Å². The van der Waals surface area contributed by atoms with Crippen LogP contribution in [0.25, 0.3) is 0 Å². The lowest BCUT2D eigenvalue weighted by molar-refractivity contribution is -0.121. The molecule has 0 bridgehead atoms. The number of alkyl halides is 2. The molecule has 5 nitrogen and oxygen atoms in total. The molecule has 1 aliphatic rings. The van der Waals surface area contributed by atoms with Crippen LogP contribution in [0.1, 0.15) is 33.6 Å². The number of carbonyl (C=O) groups excluding carboxylic acids is 2. The molecule has 33 heavy (non-hydrogen) atoms. The predicted molar refractivity (Wildman–Crippen MR) is 124 cm³/mol. The number of piperidine rings is 1. The molecule has 1 unspecified atom stereocenters. The molecule has 1 saturated heterocycles. The number of amides is 2. The van der Waals surface area contributed by atoms with Crippen molar-refractivity contribution >= 4 is 28.8 Å². The molecule has 0 aliphatic carbocycles. The van der Waals surface area contributed by atoms with E-state index in [0.29, 0.717) is 42.1 Å². The van der Waals surface area contributed by atoms with Crippen LogP contribution in [-0.4, -0.2) is 36.4 Å². The highest BCUT2D eigenvalue weighted by Gasteiger charge is 2.29. The first kappa shape index (κ1) is 22.9. The smallest absolute Gasteiger partial charge is 0.387 e. The Morgan fingerprint density at radius 3 is 2.67 bits per heavy atom. The molecule has 3 aromatic rings. The molecule has 2 aromatic carbocycles. The Morgan fingerprint density at radius 2 is 1.94 bits per heavy atom. The number of hydrogen-bond acceptors (Lipinski definition) is 4. The quantitative estimate of drug-likeness (QED) is 0.501. The van der Waals surface area contributed by atoms with Gasteiger partial charge in [-0.1, -0.05) is 36.4 Å². The summed E-state index contributed by atoms with van der Waals surface area (Å²) in [5.41, 5.74) is 2.00. The van der Waals surface area contributed by atoms with Crippen LogP contribution in [0, 0.1) is 5.92 Å². The molecule has 1 aromatic heterocycles. The van der Waals surface area contributed by atoms with Gasteiger partial charge in [-0.3, -0.25) is 9.59 Å². The van der Waals surface area contributed by atoms with Crippen LogP contribution < -0.4 is 10.1 Å². The van der Waals surface area contributed by atoms with Crippen LogP contribution in [0.2, 0.25) is 0 Å². The molecule has 1 N–H and O–H groups in total. The summed E-state index contributed by atoms with van der Waals surface area (Å²) in [7, 11) is 0. The molecule has 172 valence electrons. The van der Waals surface area contributed by atoms with Gasteiger partial charge in [0.1, 0.15) is 5.75 Å². The van der Waals surface area contributed by atoms with Gasteiger partial charge in [0.15, 0.2) is 0 Å². The Bertz CT molecular complexity index is 1090. The highest BCUT2D eigenvalue weighted by atomic mass is 32.1. The molecule has 0 radical (unpaired) electrons. The first-order chi connectivity index (χ1) is 16.0. The van der Waals surface area contributed by atoms with Crippen molar-refractivity contribution in [3.05, 3.63) is 82.0 Å². The van der Waals surface area contributed by atoms with Gasteiger partial charge in [-0.25, -0.2) is 0 Å². The Balaban J connectivity index is 1.46. The zero-order chi connectivity index (χ0) is 23.2. The van der Waals surface area contributed by atoms with Crippen molar-refractivity contribution in [1.82, 2.24) is 4.90 Å². The summed E-state index contributed by atoms with van der Waals surface area (Å²) in [6.45, 7) is -1.96. The number of halogens is 2. The average Bonchev–Trinajstić information content (AvgIpc) is 3.36. The summed E-state index contributed by atoms with van der Waals surface area (Å²) in [5.74, 6) is -0.498. The summed E-state index contributed by atoms with van der Waals surface area (Å²) in [6.07, 6.45) is 1.82. The van der Waals surface area contributed by atoms with Gasteiger partial charge in [-0.05, 0) is 48.1 Å². The average molecular weight is 471 g/mol. The van der Waals surface area contributed by atoms with Crippen molar-refractivity contribution in [2.45, 2.75) is 25.9 Å². The van der Waals surface area contributed by atoms with E-state index >= 15 is 0 Å². The highest BCUT2D eigenvalue weighted by Crippen LogP contribution is 2.28.